The lowest BCUT2D eigenvalue weighted by Gasteiger charge is -2.11. The van der Waals surface area contributed by atoms with Crippen LogP contribution in [0.3, 0.4) is 0 Å². The predicted molar refractivity (Wildman–Crippen MR) is 79.7 cm³/mol. The van der Waals surface area contributed by atoms with Crippen LogP contribution < -0.4 is 5.32 Å². The number of hydrogen-bond acceptors (Lipinski definition) is 4. The van der Waals surface area contributed by atoms with Crippen LogP contribution in [0.5, 0.6) is 0 Å². The minimum atomic E-state index is 0.886. The Labute approximate surface area is 116 Å². The zero-order chi connectivity index (χ0) is 12.7. The van der Waals surface area contributed by atoms with Gasteiger partial charge in [0.2, 0.25) is 0 Å². The number of anilines is 1. The molecule has 0 radical (unpaired) electrons. The lowest BCUT2D eigenvalue weighted by molar-refractivity contribution is 0.907. The second kappa shape index (κ2) is 7.93. The first-order valence-corrected chi connectivity index (χ1v) is 8.04. The van der Waals surface area contributed by atoms with Gasteiger partial charge < -0.3 is 5.32 Å². The van der Waals surface area contributed by atoms with Gasteiger partial charge in [0.25, 0.3) is 0 Å². The summed E-state index contributed by atoms with van der Waals surface area (Å²) >= 11 is 5.43. The normalized spacial score (nSPS) is 10.6. The summed E-state index contributed by atoms with van der Waals surface area (Å²) in [5, 5.41) is 3.35. The van der Waals surface area contributed by atoms with E-state index in [1.165, 1.54) is 0 Å². The molecule has 1 N–H and O–H groups in total. The van der Waals surface area contributed by atoms with Gasteiger partial charge in [-0.15, -0.1) is 0 Å². The van der Waals surface area contributed by atoms with E-state index in [4.69, 9.17) is 0 Å². The Kier molecular flexibility index (Phi) is 6.89. The summed E-state index contributed by atoms with van der Waals surface area (Å²) in [6.45, 7) is 7.36. The van der Waals surface area contributed by atoms with Crippen LogP contribution in [0.4, 0.5) is 5.82 Å². The molecule has 0 aliphatic rings. The molecule has 0 unspecified atom stereocenters. The number of hydrogen-bond donors (Lipinski definition) is 1. The van der Waals surface area contributed by atoms with Crippen molar-refractivity contribution in [3.8, 4) is 0 Å². The molecule has 0 spiro atoms. The first-order valence-electron chi connectivity index (χ1n) is 6.09. The van der Waals surface area contributed by atoms with Crippen molar-refractivity contribution in [2.45, 2.75) is 39.4 Å². The van der Waals surface area contributed by atoms with Crippen LogP contribution in [-0.4, -0.2) is 22.3 Å². The molecule has 1 aromatic rings. The molecule has 0 fully saturated rings. The third-order valence-corrected chi connectivity index (χ3v) is 3.98. The van der Waals surface area contributed by atoms with Gasteiger partial charge in [0, 0.05) is 6.54 Å². The van der Waals surface area contributed by atoms with Crippen molar-refractivity contribution >= 4 is 33.5 Å². The summed E-state index contributed by atoms with van der Waals surface area (Å²) in [5.41, 5.74) is 1.09. The summed E-state index contributed by atoms with van der Waals surface area (Å²) in [6.07, 6.45) is 2.02. The Morgan fingerprint density at radius 3 is 2.59 bits per heavy atom. The third kappa shape index (κ3) is 4.47. The predicted octanol–water partition coefficient (Wildman–Crippen LogP) is 3.88. The molecule has 0 amide bonds. The van der Waals surface area contributed by atoms with Crippen LogP contribution in [0.25, 0.3) is 0 Å². The zero-order valence-electron chi connectivity index (χ0n) is 10.7. The van der Waals surface area contributed by atoms with Crippen molar-refractivity contribution in [2.75, 3.05) is 17.6 Å². The molecule has 0 aliphatic carbocycles. The average molecular weight is 318 g/mol. The van der Waals surface area contributed by atoms with Crippen LogP contribution >= 0.6 is 27.7 Å². The fourth-order valence-electron chi connectivity index (χ4n) is 1.40. The zero-order valence-corrected chi connectivity index (χ0v) is 13.1. The molecule has 3 nitrogen and oxygen atoms in total. The highest BCUT2D eigenvalue weighted by Crippen LogP contribution is 2.25. The van der Waals surface area contributed by atoms with Gasteiger partial charge >= 0.3 is 0 Å². The maximum absolute atomic E-state index is 4.58. The van der Waals surface area contributed by atoms with E-state index in [0.717, 1.165) is 52.7 Å². The van der Waals surface area contributed by atoms with Crippen LogP contribution in [0, 0.1) is 0 Å². The van der Waals surface area contributed by atoms with E-state index in [0.29, 0.717) is 0 Å². The molecule has 17 heavy (non-hydrogen) atoms. The molecule has 1 aromatic heterocycles. The smallest absolute Gasteiger partial charge is 0.144 e. The summed E-state index contributed by atoms with van der Waals surface area (Å²) < 4.78 is 1.01. The van der Waals surface area contributed by atoms with Gasteiger partial charge in [-0.25, -0.2) is 9.97 Å². The molecule has 0 bridgehead atoms. The van der Waals surface area contributed by atoms with E-state index in [2.05, 4.69) is 52.0 Å². The van der Waals surface area contributed by atoms with Gasteiger partial charge in [0.05, 0.1) is 15.9 Å². The molecule has 96 valence electrons. The molecule has 1 heterocycles. The number of aromatic nitrogens is 2. The fourth-order valence-corrected chi connectivity index (χ4v) is 2.51. The van der Waals surface area contributed by atoms with Crippen molar-refractivity contribution in [3.63, 3.8) is 0 Å². The first-order chi connectivity index (χ1) is 8.22. The molecule has 0 saturated carbocycles. The van der Waals surface area contributed by atoms with Crippen LogP contribution in [-0.2, 0) is 12.2 Å². The summed E-state index contributed by atoms with van der Waals surface area (Å²) in [5.74, 6) is 3.84. The van der Waals surface area contributed by atoms with Gasteiger partial charge in [-0.1, -0.05) is 20.8 Å². The highest BCUT2D eigenvalue weighted by molar-refractivity contribution is 9.10. The van der Waals surface area contributed by atoms with E-state index in [9.17, 15) is 0 Å². The maximum atomic E-state index is 4.58. The number of halogens is 1. The summed E-state index contributed by atoms with van der Waals surface area (Å²) in [7, 11) is 0. The lowest BCUT2D eigenvalue weighted by Crippen LogP contribution is -2.08. The van der Waals surface area contributed by atoms with Crippen molar-refractivity contribution in [1.29, 1.82) is 0 Å². The second-order valence-corrected chi connectivity index (χ2v) is 5.73. The van der Waals surface area contributed by atoms with Crippen LogP contribution in [0.2, 0.25) is 0 Å². The largest absolute Gasteiger partial charge is 0.369 e. The lowest BCUT2D eigenvalue weighted by atomic mass is 10.3. The molecular weight excluding hydrogens is 298 g/mol. The molecule has 0 aliphatic heterocycles. The van der Waals surface area contributed by atoms with Gasteiger partial charge in [0.1, 0.15) is 11.6 Å². The van der Waals surface area contributed by atoms with Crippen molar-refractivity contribution in [1.82, 2.24) is 9.97 Å². The number of nitrogens with zero attached hydrogens (tertiary/aromatic N) is 2. The van der Waals surface area contributed by atoms with Crippen LogP contribution in [0.1, 0.15) is 38.7 Å². The standard InChI is InChI=1S/C12H20BrN3S/c1-4-7-14-12-11(13)9(5-2)15-10(16-12)8-17-6-3/h4-8H2,1-3H3,(H,14,15,16). The number of aryl methyl sites for hydroxylation is 1. The van der Waals surface area contributed by atoms with Gasteiger partial charge in [-0.2, -0.15) is 11.8 Å². The SMILES string of the molecule is CCCNc1nc(CSCC)nc(CC)c1Br. The Hall–Kier alpha value is -0.290. The van der Waals surface area contributed by atoms with E-state index >= 15 is 0 Å². The number of rotatable bonds is 7. The highest BCUT2D eigenvalue weighted by Gasteiger charge is 2.10. The fraction of sp³-hybridized carbons (Fsp3) is 0.667. The van der Waals surface area contributed by atoms with E-state index in [1.807, 2.05) is 11.8 Å². The summed E-state index contributed by atoms with van der Waals surface area (Å²) in [4.78, 5) is 9.14. The number of nitrogens with one attached hydrogen (secondary N) is 1. The molecule has 0 aromatic carbocycles. The summed E-state index contributed by atoms with van der Waals surface area (Å²) in [6, 6.07) is 0. The van der Waals surface area contributed by atoms with Gasteiger partial charge in [-0.3, -0.25) is 0 Å². The molecule has 0 saturated heterocycles. The third-order valence-electron chi connectivity index (χ3n) is 2.28. The van der Waals surface area contributed by atoms with Crippen molar-refractivity contribution in [3.05, 3.63) is 16.0 Å². The second-order valence-electron chi connectivity index (χ2n) is 3.67. The van der Waals surface area contributed by atoms with E-state index in [-0.39, 0.29) is 0 Å². The average Bonchev–Trinajstić information content (AvgIpc) is 2.35. The van der Waals surface area contributed by atoms with Crippen molar-refractivity contribution < 1.29 is 0 Å². The van der Waals surface area contributed by atoms with E-state index in [1.54, 1.807) is 0 Å². The Bertz CT molecular complexity index is 358. The van der Waals surface area contributed by atoms with Crippen molar-refractivity contribution in [2.24, 2.45) is 0 Å². The minimum absolute atomic E-state index is 0.886. The number of thioether (sulfide) groups is 1. The highest BCUT2D eigenvalue weighted by atomic mass is 79.9. The molecule has 0 atom stereocenters. The molecular formula is C12H20BrN3S. The maximum Gasteiger partial charge on any atom is 0.144 e. The Morgan fingerprint density at radius 1 is 1.24 bits per heavy atom. The molecule has 5 heteroatoms. The van der Waals surface area contributed by atoms with Gasteiger partial charge in [-0.05, 0) is 34.5 Å². The first kappa shape index (κ1) is 14.8. The van der Waals surface area contributed by atoms with Crippen LogP contribution in [0.15, 0.2) is 4.47 Å². The molecule has 1 rings (SSSR count). The monoisotopic (exact) mass is 317 g/mol. The van der Waals surface area contributed by atoms with Gasteiger partial charge in [0.15, 0.2) is 0 Å². The topological polar surface area (TPSA) is 37.8 Å². The van der Waals surface area contributed by atoms with E-state index < -0.39 is 0 Å². The minimum Gasteiger partial charge on any atom is -0.369 e. The quantitative estimate of drug-likeness (QED) is 0.828. The Morgan fingerprint density at radius 2 is 2.00 bits per heavy atom. The Balaban J connectivity index is 2.92.